The molecular weight excluding hydrogens is 441 g/mol. The van der Waals surface area contributed by atoms with Crippen LogP contribution in [-0.4, -0.2) is 68.0 Å². The molecule has 2 rings (SSSR count). The van der Waals surface area contributed by atoms with Crippen LogP contribution < -0.4 is 10.6 Å². The van der Waals surface area contributed by atoms with Crippen molar-refractivity contribution >= 4 is 45.6 Å². The van der Waals surface area contributed by atoms with Crippen molar-refractivity contribution in [2.45, 2.75) is 18.6 Å². The summed E-state index contributed by atoms with van der Waals surface area (Å²) in [5.74, 6) is 1.72. The Hall–Kier alpha value is -1.10. The second-order valence-corrected chi connectivity index (χ2v) is 8.86. The summed E-state index contributed by atoms with van der Waals surface area (Å²) in [6, 6.07) is 5.71. The van der Waals surface area contributed by atoms with Gasteiger partial charge in [0, 0.05) is 39.4 Å². The number of sulfone groups is 1. The number of aromatic nitrogens is 1. The molecule has 0 amide bonds. The molecule has 2 heterocycles. The quantitative estimate of drug-likeness (QED) is 0.300. The summed E-state index contributed by atoms with van der Waals surface area (Å²) in [5.41, 5.74) is 0. The molecule has 24 heavy (non-hydrogen) atoms. The van der Waals surface area contributed by atoms with E-state index in [1.807, 2.05) is 23.1 Å². The van der Waals surface area contributed by atoms with Crippen LogP contribution in [0.1, 0.15) is 13.8 Å². The lowest BCUT2D eigenvalue weighted by molar-refractivity contribution is 0.354. The van der Waals surface area contributed by atoms with E-state index in [9.17, 15) is 8.42 Å². The van der Waals surface area contributed by atoms with Gasteiger partial charge in [-0.2, -0.15) is 0 Å². The van der Waals surface area contributed by atoms with E-state index in [0.717, 1.165) is 11.8 Å². The Morgan fingerprint density at radius 2 is 2.12 bits per heavy atom. The highest BCUT2D eigenvalue weighted by Crippen LogP contribution is 2.23. The van der Waals surface area contributed by atoms with Crippen LogP contribution in [0.15, 0.2) is 29.4 Å². The van der Waals surface area contributed by atoms with E-state index in [4.69, 9.17) is 0 Å². The molecule has 0 aromatic carbocycles. The number of pyridine rings is 1. The molecule has 1 fully saturated rings. The van der Waals surface area contributed by atoms with Gasteiger partial charge in [-0.1, -0.05) is 6.07 Å². The first-order chi connectivity index (χ1) is 10.9. The number of hydrogen-bond donors (Lipinski definition) is 2. The zero-order chi connectivity index (χ0) is 16.9. The Kier molecular flexibility index (Phi) is 7.71. The SMILES string of the molecule is CN=C(NCCNc1ccccn1)N1CCS(=O)(=O)C(C)(C)C1.I. The molecule has 0 unspecified atom stereocenters. The van der Waals surface area contributed by atoms with Gasteiger partial charge in [0.1, 0.15) is 5.82 Å². The fraction of sp³-hybridized carbons (Fsp3) is 0.600. The lowest BCUT2D eigenvalue weighted by Gasteiger charge is -2.39. The number of guanidine groups is 1. The Morgan fingerprint density at radius 1 is 1.38 bits per heavy atom. The molecule has 9 heteroatoms. The Balaban J connectivity index is 0.00000288. The molecule has 1 aliphatic rings. The predicted octanol–water partition coefficient (Wildman–Crippen LogP) is 1.20. The highest BCUT2D eigenvalue weighted by molar-refractivity contribution is 14.0. The third-order valence-corrected chi connectivity index (χ3v) is 6.47. The summed E-state index contributed by atoms with van der Waals surface area (Å²) >= 11 is 0. The lowest BCUT2D eigenvalue weighted by Crippen LogP contribution is -2.57. The number of aliphatic imine (C=N–C) groups is 1. The highest BCUT2D eigenvalue weighted by atomic mass is 127. The molecule has 0 radical (unpaired) electrons. The van der Waals surface area contributed by atoms with Crippen molar-refractivity contribution in [3.05, 3.63) is 24.4 Å². The standard InChI is InChI=1S/C15H25N5O2S.HI/c1-15(2)12-20(10-11-23(15,21)22)14(16-3)19-9-8-18-13-6-4-5-7-17-13;/h4-7H,8-12H2,1-3H3,(H,16,19)(H,17,18);1H. The number of hydrogen-bond acceptors (Lipinski definition) is 5. The Morgan fingerprint density at radius 3 is 2.71 bits per heavy atom. The van der Waals surface area contributed by atoms with E-state index in [-0.39, 0.29) is 29.7 Å². The van der Waals surface area contributed by atoms with E-state index < -0.39 is 14.6 Å². The first-order valence-electron chi connectivity index (χ1n) is 7.68. The van der Waals surface area contributed by atoms with Gasteiger partial charge in [-0.15, -0.1) is 24.0 Å². The third kappa shape index (κ3) is 5.20. The van der Waals surface area contributed by atoms with Crippen molar-refractivity contribution in [2.75, 3.05) is 44.3 Å². The molecule has 0 saturated carbocycles. The molecule has 7 nitrogen and oxygen atoms in total. The maximum Gasteiger partial charge on any atom is 0.193 e. The molecule has 1 aliphatic heterocycles. The third-order valence-electron chi connectivity index (χ3n) is 3.93. The zero-order valence-electron chi connectivity index (χ0n) is 14.3. The molecule has 0 spiro atoms. The van der Waals surface area contributed by atoms with Crippen molar-refractivity contribution in [1.82, 2.24) is 15.2 Å². The molecule has 1 saturated heterocycles. The molecular formula is C15H26IN5O2S. The largest absolute Gasteiger partial charge is 0.368 e. The van der Waals surface area contributed by atoms with E-state index in [1.165, 1.54) is 0 Å². The van der Waals surface area contributed by atoms with Gasteiger partial charge in [0.2, 0.25) is 0 Å². The van der Waals surface area contributed by atoms with Gasteiger partial charge in [-0.3, -0.25) is 4.99 Å². The normalized spacial score (nSPS) is 19.3. The summed E-state index contributed by atoms with van der Waals surface area (Å²) in [6.07, 6.45) is 1.74. The molecule has 2 N–H and O–H groups in total. The lowest BCUT2D eigenvalue weighted by atomic mass is 10.2. The number of rotatable bonds is 4. The fourth-order valence-electron chi connectivity index (χ4n) is 2.49. The van der Waals surface area contributed by atoms with Crippen LogP contribution in [-0.2, 0) is 9.84 Å². The van der Waals surface area contributed by atoms with Crippen LogP contribution in [0.2, 0.25) is 0 Å². The zero-order valence-corrected chi connectivity index (χ0v) is 17.5. The number of nitrogens with zero attached hydrogens (tertiary/aromatic N) is 3. The van der Waals surface area contributed by atoms with Crippen LogP contribution in [0.25, 0.3) is 0 Å². The van der Waals surface area contributed by atoms with Crippen molar-refractivity contribution in [2.24, 2.45) is 4.99 Å². The van der Waals surface area contributed by atoms with E-state index >= 15 is 0 Å². The van der Waals surface area contributed by atoms with E-state index in [1.54, 1.807) is 27.1 Å². The highest BCUT2D eigenvalue weighted by Gasteiger charge is 2.40. The van der Waals surface area contributed by atoms with Gasteiger partial charge in [0.05, 0.1) is 10.5 Å². The van der Waals surface area contributed by atoms with Gasteiger partial charge in [-0.05, 0) is 26.0 Å². The second kappa shape index (κ2) is 8.84. The molecule has 1 aromatic rings. The Labute approximate surface area is 161 Å². The summed E-state index contributed by atoms with van der Waals surface area (Å²) in [5, 5.41) is 6.48. The monoisotopic (exact) mass is 467 g/mol. The van der Waals surface area contributed by atoms with Gasteiger partial charge < -0.3 is 15.5 Å². The summed E-state index contributed by atoms with van der Waals surface area (Å²) < 4.78 is 23.4. The Bertz CT molecular complexity index is 649. The van der Waals surface area contributed by atoms with Crippen molar-refractivity contribution in [3.8, 4) is 0 Å². The second-order valence-electron chi connectivity index (χ2n) is 6.12. The van der Waals surface area contributed by atoms with Crippen molar-refractivity contribution in [1.29, 1.82) is 0 Å². The molecule has 0 bridgehead atoms. The van der Waals surface area contributed by atoms with Crippen LogP contribution in [0.3, 0.4) is 0 Å². The average Bonchev–Trinajstić information content (AvgIpc) is 2.51. The number of nitrogens with one attached hydrogen (secondary N) is 2. The number of anilines is 1. The fourth-order valence-corrected chi connectivity index (χ4v) is 3.85. The summed E-state index contributed by atoms with van der Waals surface area (Å²) in [4.78, 5) is 10.5. The van der Waals surface area contributed by atoms with Gasteiger partial charge in [-0.25, -0.2) is 13.4 Å². The molecule has 0 atom stereocenters. The maximum atomic E-state index is 12.1. The minimum absolute atomic E-state index is 0. The van der Waals surface area contributed by atoms with Crippen LogP contribution in [0.4, 0.5) is 5.82 Å². The van der Waals surface area contributed by atoms with Crippen LogP contribution >= 0.6 is 24.0 Å². The summed E-state index contributed by atoms with van der Waals surface area (Å²) in [7, 11) is -1.33. The van der Waals surface area contributed by atoms with E-state index in [2.05, 4.69) is 20.6 Å². The van der Waals surface area contributed by atoms with Gasteiger partial charge in [0.15, 0.2) is 15.8 Å². The molecule has 1 aromatic heterocycles. The first-order valence-corrected chi connectivity index (χ1v) is 9.34. The van der Waals surface area contributed by atoms with Gasteiger partial charge in [0.25, 0.3) is 0 Å². The smallest absolute Gasteiger partial charge is 0.193 e. The van der Waals surface area contributed by atoms with Gasteiger partial charge >= 0.3 is 0 Å². The maximum absolute atomic E-state index is 12.1. The predicted molar refractivity (Wildman–Crippen MR) is 109 cm³/mol. The topological polar surface area (TPSA) is 86.7 Å². The van der Waals surface area contributed by atoms with E-state index in [0.29, 0.717) is 26.2 Å². The van der Waals surface area contributed by atoms with Crippen molar-refractivity contribution < 1.29 is 8.42 Å². The molecule has 136 valence electrons. The molecule has 0 aliphatic carbocycles. The van der Waals surface area contributed by atoms with Crippen LogP contribution in [0, 0.1) is 0 Å². The van der Waals surface area contributed by atoms with Crippen molar-refractivity contribution in [3.63, 3.8) is 0 Å². The average molecular weight is 467 g/mol. The number of halogens is 1. The minimum atomic E-state index is -3.04. The van der Waals surface area contributed by atoms with Crippen LogP contribution in [0.5, 0.6) is 0 Å². The minimum Gasteiger partial charge on any atom is -0.368 e. The summed E-state index contributed by atoms with van der Waals surface area (Å²) in [6.45, 7) is 5.83. The first kappa shape index (κ1) is 20.9.